The molecule has 0 N–H and O–H groups in total. The Morgan fingerprint density at radius 3 is 2.02 bits per heavy atom. The first-order valence-corrected chi connectivity index (χ1v) is 20.2. The number of hydrogen-bond donors (Lipinski definition) is 0. The van der Waals surface area contributed by atoms with Gasteiger partial charge < -0.3 is 4.40 Å². The Morgan fingerprint density at radius 1 is 0.396 bits per heavy atom. The fourth-order valence-corrected chi connectivity index (χ4v) is 12.8. The maximum atomic E-state index is 5.67. The molecule has 0 saturated carbocycles. The van der Waals surface area contributed by atoms with Gasteiger partial charge in [-0.25, -0.2) is 9.97 Å². The van der Waals surface area contributed by atoms with Crippen molar-refractivity contribution in [2.75, 3.05) is 0 Å². The summed E-state index contributed by atoms with van der Waals surface area (Å²) in [6, 6.07) is 49.0. The molecule has 0 amide bonds. The molecule has 0 bridgehead atoms. The van der Waals surface area contributed by atoms with Crippen LogP contribution in [0.5, 0.6) is 0 Å². The highest BCUT2D eigenvalue weighted by Crippen LogP contribution is 2.51. The number of fused-ring (bicyclic) bond motifs is 10. The predicted octanol–water partition coefficient (Wildman–Crippen LogP) is 13.8. The van der Waals surface area contributed by atoms with Crippen molar-refractivity contribution >= 4 is 144 Å². The summed E-state index contributed by atoms with van der Waals surface area (Å²) in [5.74, 6) is 0.705. The van der Waals surface area contributed by atoms with Gasteiger partial charge in [-0.2, -0.15) is 0 Å². The van der Waals surface area contributed by atoms with Crippen LogP contribution in [0.15, 0.2) is 133 Å². The first-order valence-electron chi connectivity index (χ1n) is 17.8. The molecule has 53 heavy (non-hydrogen) atoms. The third-order valence-corrected chi connectivity index (χ3v) is 14.9. The van der Waals surface area contributed by atoms with E-state index in [1.165, 1.54) is 88.5 Å². The van der Waals surface area contributed by atoms with E-state index in [2.05, 4.69) is 142 Å². The lowest BCUT2D eigenvalue weighted by atomic mass is 10.0. The van der Waals surface area contributed by atoms with E-state index in [0.717, 1.165) is 32.5 Å². The van der Waals surface area contributed by atoms with Gasteiger partial charge in [0.25, 0.3) is 0 Å². The third-order valence-electron chi connectivity index (χ3n) is 11.5. The van der Waals surface area contributed by atoms with Crippen molar-refractivity contribution in [3.8, 4) is 17.2 Å². The van der Waals surface area contributed by atoms with Crippen molar-refractivity contribution in [1.82, 2.24) is 18.9 Å². The van der Waals surface area contributed by atoms with Crippen LogP contribution in [-0.2, 0) is 0 Å². The van der Waals surface area contributed by atoms with Crippen LogP contribution in [0.4, 0.5) is 0 Å². The topological polar surface area (TPSA) is 35.1 Å². The molecular formula is C46H22N4S3. The van der Waals surface area contributed by atoms with Crippen molar-refractivity contribution in [1.29, 1.82) is 0 Å². The molecular weight excluding hydrogens is 705 g/mol. The maximum Gasteiger partial charge on any atom is 0.236 e. The molecule has 0 saturated heterocycles. The number of para-hydroxylation sites is 1. The second kappa shape index (κ2) is 9.45. The van der Waals surface area contributed by atoms with Crippen molar-refractivity contribution in [2.24, 2.45) is 0 Å². The van der Waals surface area contributed by atoms with Crippen molar-refractivity contribution in [2.45, 2.75) is 0 Å². The normalized spacial score (nSPS) is 12.9. The fraction of sp³-hybridized carbons (Fsp3) is 0. The van der Waals surface area contributed by atoms with Crippen molar-refractivity contribution < 1.29 is 0 Å². The summed E-state index contributed by atoms with van der Waals surface area (Å²) >= 11 is 5.50. The average Bonchev–Trinajstić information content (AvgIpc) is 3.99. The minimum atomic E-state index is 0.705. The Labute approximate surface area is 311 Å². The minimum absolute atomic E-state index is 0.705. The van der Waals surface area contributed by atoms with E-state index < -0.39 is 0 Å². The van der Waals surface area contributed by atoms with Crippen LogP contribution in [0.1, 0.15) is 0 Å². The van der Waals surface area contributed by atoms with Gasteiger partial charge in [0.2, 0.25) is 5.95 Å². The summed E-state index contributed by atoms with van der Waals surface area (Å²) < 4.78 is 11.3. The number of hydrogen-bond acceptors (Lipinski definition) is 5. The Hall–Kier alpha value is -6.12. The van der Waals surface area contributed by atoms with Gasteiger partial charge in [0.05, 0.1) is 33.3 Å². The number of rotatable bonds is 2. The Kier molecular flexibility index (Phi) is 4.91. The lowest BCUT2D eigenvalue weighted by Gasteiger charge is -2.11. The molecule has 7 aromatic heterocycles. The highest BCUT2D eigenvalue weighted by molar-refractivity contribution is 7.27. The van der Waals surface area contributed by atoms with E-state index >= 15 is 0 Å². The molecule has 0 fully saturated rings. The van der Waals surface area contributed by atoms with Crippen LogP contribution in [0.25, 0.3) is 127 Å². The molecule has 7 heteroatoms. The molecule has 14 rings (SSSR count). The SMILES string of the molecule is c1ccc2c(c1)sc1c(-c3nc(-n4c5ccc6sc7ccc8c9ccccc9n9c%10cccc4c%10c5c6c7c89)nc4sc5ccccc5c34)cccc12. The molecule has 0 aliphatic carbocycles. The largest absolute Gasteiger partial charge is 0.308 e. The molecule has 0 atom stereocenters. The van der Waals surface area contributed by atoms with Gasteiger partial charge >= 0.3 is 0 Å². The van der Waals surface area contributed by atoms with E-state index in [1.54, 1.807) is 11.3 Å². The number of benzene rings is 7. The zero-order chi connectivity index (χ0) is 34.1. The van der Waals surface area contributed by atoms with Crippen LogP contribution in [0.3, 0.4) is 0 Å². The predicted molar refractivity (Wildman–Crippen MR) is 229 cm³/mol. The number of aromatic nitrogens is 4. The second-order valence-electron chi connectivity index (χ2n) is 14.1. The lowest BCUT2D eigenvalue weighted by molar-refractivity contribution is 1.02. The zero-order valence-electron chi connectivity index (χ0n) is 27.7. The van der Waals surface area contributed by atoms with E-state index in [9.17, 15) is 0 Å². The van der Waals surface area contributed by atoms with Crippen molar-refractivity contribution in [3.63, 3.8) is 0 Å². The molecule has 0 aliphatic rings. The average molecular weight is 727 g/mol. The van der Waals surface area contributed by atoms with Gasteiger partial charge in [-0.15, -0.1) is 34.0 Å². The van der Waals surface area contributed by atoms with Crippen LogP contribution in [0, 0.1) is 0 Å². The van der Waals surface area contributed by atoms with Gasteiger partial charge in [0, 0.05) is 82.9 Å². The molecule has 0 aliphatic heterocycles. The van der Waals surface area contributed by atoms with Crippen LogP contribution >= 0.6 is 34.0 Å². The Morgan fingerprint density at radius 2 is 1.09 bits per heavy atom. The Balaban J connectivity index is 1.19. The standard InChI is InChI=1S/C46H22N4S3/c1-4-14-29-23(9-1)25-19-21-36-41-40-35(51-36)22-20-32-39(40)38-30(49(29)43(25)41)15-8-16-31(38)50(32)46-47-42(37-27-11-3-6-18-34(27)53-45(37)48-46)28-13-7-12-26-24-10-2-5-17-33(24)52-44(26)28/h1-22H. The molecule has 4 nitrogen and oxygen atoms in total. The summed E-state index contributed by atoms with van der Waals surface area (Å²) in [4.78, 5) is 12.2. The first-order chi connectivity index (χ1) is 26.3. The Bertz CT molecular complexity index is 3870. The molecule has 0 radical (unpaired) electrons. The van der Waals surface area contributed by atoms with Crippen molar-refractivity contribution in [3.05, 3.63) is 133 Å². The van der Waals surface area contributed by atoms with Gasteiger partial charge in [-0.3, -0.25) is 4.57 Å². The highest BCUT2D eigenvalue weighted by Gasteiger charge is 2.27. The van der Waals surface area contributed by atoms with Crippen LogP contribution < -0.4 is 0 Å². The van der Waals surface area contributed by atoms with E-state index in [1.807, 2.05) is 22.7 Å². The summed E-state index contributed by atoms with van der Waals surface area (Å²) in [7, 11) is 0. The van der Waals surface area contributed by atoms with Gasteiger partial charge in [0.15, 0.2) is 0 Å². The molecule has 0 unspecified atom stereocenters. The smallest absolute Gasteiger partial charge is 0.236 e. The summed E-state index contributed by atoms with van der Waals surface area (Å²) in [6.07, 6.45) is 0. The number of nitrogens with zero attached hydrogens (tertiary/aromatic N) is 4. The monoisotopic (exact) mass is 726 g/mol. The van der Waals surface area contributed by atoms with Gasteiger partial charge in [-0.1, -0.05) is 84.9 Å². The summed E-state index contributed by atoms with van der Waals surface area (Å²) in [6.45, 7) is 0. The fourth-order valence-electron chi connectivity index (χ4n) is 9.42. The van der Waals surface area contributed by atoms with E-state index in [0.29, 0.717) is 5.95 Å². The molecule has 14 aromatic rings. The minimum Gasteiger partial charge on any atom is -0.308 e. The molecule has 0 spiro atoms. The van der Waals surface area contributed by atoms with E-state index in [4.69, 9.17) is 9.97 Å². The summed E-state index contributed by atoms with van der Waals surface area (Å²) in [5.41, 5.74) is 8.14. The molecule has 7 heterocycles. The van der Waals surface area contributed by atoms with E-state index in [-0.39, 0.29) is 0 Å². The zero-order valence-corrected chi connectivity index (χ0v) is 30.2. The highest BCUT2D eigenvalue weighted by atomic mass is 32.1. The van der Waals surface area contributed by atoms with Gasteiger partial charge in [-0.05, 0) is 48.5 Å². The third kappa shape index (κ3) is 3.25. The molecule has 7 aromatic carbocycles. The number of thiophene rings is 3. The second-order valence-corrected chi connectivity index (χ2v) is 17.2. The van der Waals surface area contributed by atoms with Crippen LogP contribution in [-0.4, -0.2) is 18.9 Å². The lowest BCUT2D eigenvalue weighted by Crippen LogP contribution is -2.02. The van der Waals surface area contributed by atoms with Gasteiger partial charge in [0.1, 0.15) is 4.83 Å². The molecule has 244 valence electrons. The quantitative estimate of drug-likeness (QED) is 0.178. The maximum absolute atomic E-state index is 5.67. The summed E-state index contributed by atoms with van der Waals surface area (Å²) in [5, 5.41) is 12.7. The van der Waals surface area contributed by atoms with Crippen LogP contribution in [0.2, 0.25) is 0 Å². The first kappa shape index (κ1) is 27.5.